The number of benzene rings is 1. The van der Waals surface area contributed by atoms with E-state index in [2.05, 4.69) is 10.3 Å². The van der Waals surface area contributed by atoms with Crippen LogP contribution in [0.2, 0.25) is 0 Å². The molecule has 0 aliphatic carbocycles. The predicted molar refractivity (Wildman–Crippen MR) is 66.8 cm³/mol. The standard InChI is InChI=1S/C12H14N4/c13-10-5-3-9(4-6-10)8-16-12-11(14)2-1-7-15-12/h1-7H,8,13-14H2,(H,15,16). The lowest BCUT2D eigenvalue weighted by Gasteiger charge is -2.07. The number of nitrogens with one attached hydrogen (secondary N) is 1. The molecule has 1 aromatic carbocycles. The van der Waals surface area contributed by atoms with Gasteiger partial charge in [0.05, 0.1) is 5.69 Å². The van der Waals surface area contributed by atoms with Crippen molar-refractivity contribution in [3.63, 3.8) is 0 Å². The van der Waals surface area contributed by atoms with Gasteiger partial charge in [-0.05, 0) is 29.8 Å². The lowest BCUT2D eigenvalue weighted by atomic mass is 10.2. The van der Waals surface area contributed by atoms with E-state index < -0.39 is 0 Å². The maximum Gasteiger partial charge on any atom is 0.149 e. The van der Waals surface area contributed by atoms with Gasteiger partial charge in [0, 0.05) is 18.4 Å². The third kappa shape index (κ3) is 2.42. The first kappa shape index (κ1) is 10.3. The summed E-state index contributed by atoms with van der Waals surface area (Å²) in [5, 5.41) is 3.17. The monoisotopic (exact) mass is 214 g/mol. The van der Waals surface area contributed by atoms with Crippen LogP contribution in [-0.2, 0) is 6.54 Å². The second kappa shape index (κ2) is 4.53. The molecule has 2 rings (SSSR count). The van der Waals surface area contributed by atoms with Crippen LogP contribution in [0, 0.1) is 0 Å². The van der Waals surface area contributed by atoms with Gasteiger partial charge in [-0.15, -0.1) is 0 Å². The number of pyridine rings is 1. The summed E-state index contributed by atoms with van der Waals surface area (Å²) in [5.41, 5.74) is 13.9. The molecule has 1 heterocycles. The Kier molecular flexibility index (Phi) is 2.91. The Hall–Kier alpha value is -2.23. The highest BCUT2D eigenvalue weighted by Gasteiger charge is 1.98. The van der Waals surface area contributed by atoms with Crippen molar-refractivity contribution in [2.75, 3.05) is 16.8 Å². The van der Waals surface area contributed by atoms with Gasteiger partial charge in [-0.25, -0.2) is 4.98 Å². The zero-order valence-corrected chi connectivity index (χ0v) is 8.85. The molecular weight excluding hydrogens is 200 g/mol. The van der Waals surface area contributed by atoms with Crippen molar-refractivity contribution in [2.45, 2.75) is 6.54 Å². The Balaban J connectivity index is 2.02. The molecule has 0 atom stereocenters. The summed E-state index contributed by atoms with van der Waals surface area (Å²) in [7, 11) is 0. The van der Waals surface area contributed by atoms with Gasteiger partial charge in [-0.3, -0.25) is 0 Å². The van der Waals surface area contributed by atoms with E-state index in [4.69, 9.17) is 11.5 Å². The van der Waals surface area contributed by atoms with E-state index in [1.807, 2.05) is 36.4 Å². The Bertz CT molecular complexity index is 465. The second-order valence-corrected chi connectivity index (χ2v) is 3.54. The third-order valence-corrected chi connectivity index (χ3v) is 2.28. The van der Waals surface area contributed by atoms with Gasteiger partial charge >= 0.3 is 0 Å². The molecule has 0 saturated heterocycles. The molecule has 0 aliphatic heterocycles. The maximum absolute atomic E-state index is 5.76. The number of hydrogen-bond donors (Lipinski definition) is 3. The second-order valence-electron chi connectivity index (χ2n) is 3.54. The number of aromatic nitrogens is 1. The summed E-state index contributed by atoms with van der Waals surface area (Å²) in [6, 6.07) is 11.3. The predicted octanol–water partition coefficient (Wildman–Crippen LogP) is 1.86. The molecule has 5 N–H and O–H groups in total. The van der Waals surface area contributed by atoms with Crippen LogP contribution in [0.25, 0.3) is 0 Å². The number of nitrogens with two attached hydrogens (primary N) is 2. The molecule has 0 fully saturated rings. The van der Waals surface area contributed by atoms with E-state index in [1.165, 1.54) is 0 Å². The summed E-state index contributed by atoms with van der Waals surface area (Å²) in [6.07, 6.45) is 1.71. The van der Waals surface area contributed by atoms with Crippen molar-refractivity contribution in [2.24, 2.45) is 0 Å². The van der Waals surface area contributed by atoms with Gasteiger partial charge in [-0.1, -0.05) is 12.1 Å². The summed E-state index contributed by atoms with van der Waals surface area (Å²) in [5.74, 6) is 0.708. The van der Waals surface area contributed by atoms with Gasteiger partial charge in [-0.2, -0.15) is 0 Å². The summed E-state index contributed by atoms with van der Waals surface area (Å²) in [6.45, 7) is 0.682. The van der Waals surface area contributed by atoms with E-state index >= 15 is 0 Å². The van der Waals surface area contributed by atoms with Crippen LogP contribution >= 0.6 is 0 Å². The molecule has 0 unspecified atom stereocenters. The summed E-state index contributed by atoms with van der Waals surface area (Å²) < 4.78 is 0. The lowest BCUT2D eigenvalue weighted by molar-refractivity contribution is 1.11. The molecule has 0 bridgehead atoms. The van der Waals surface area contributed by atoms with Crippen LogP contribution in [0.5, 0.6) is 0 Å². The van der Waals surface area contributed by atoms with Crippen molar-refractivity contribution < 1.29 is 0 Å². The van der Waals surface area contributed by atoms with Crippen molar-refractivity contribution in [3.05, 3.63) is 48.2 Å². The topological polar surface area (TPSA) is 77.0 Å². The van der Waals surface area contributed by atoms with E-state index in [-0.39, 0.29) is 0 Å². The van der Waals surface area contributed by atoms with E-state index in [1.54, 1.807) is 6.20 Å². The van der Waals surface area contributed by atoms with Gasteiger partial charge in [0.15, 0.2) is 0 Å². The van der Waals surface area contributed by atoms with Crippen LogP contribution in [0.3, 0.4) is 0 Å². The van der Waals surface area contributed by atoms with Gasteiger partial charge < -0.3 is 16.8 Å². The highest BCUT2D eigenvalue weighted by molar-refractivity contribution is 5.60. The lowest BCUT2D eigenvalue weighted by Crippen LogP contribution is -2.04. The quantitative estimate of drug-likeness (QED) is 0.681. The molecule has 0 aliphatic rings. The minimum atomic E-state index is 0.651. The summed E-state index contributed by atoms with van der Waals surface area (Å²) in [4.78, 5) is 4.15. The number of nitrogens with zero attached hydrogens (tertiary/aromatic N) is 1. The zero-order chi connectivity index (χ0) is 11.4. The molecule has 0 saturated carbocycles. The van der Waals surface area contributed by atoms with Crippen LogP contribution in [0.15, 0.2) is 42.6 Å². The molecule has 82 valence electrons. The molecule has 0 spiro atoms. The van der Waals surface area contributed by atoms with Crippen molar-refractivity contribution in [1.82, 2.24) is 4.98 Å². The SMILES string of the molecule is Nc1ccc(CNc2ncccc2N)cc1. The first-order chi connectivity index (χ1) is 7.75. The van der Waals surface area contributed by atoms with Gasteiger partial charge in [0.1, 0.15) is 5.82 Å². The maximum atomic E-state index is 5.76. The fourth-order valence-corrected chi connectivity index (χ4v) is 1.39. The molecule has 4 nitrogen and oxygen atoms in total. The fourth-order valence-electron chi connectivity index (χ4n) is 1.39. The molecule has 0 amide bonds. The Morgan fingerprint density at radius 1 is 1.06 bits per heavy atom. The fraction of sp³-hybridized carbons (Fsp3) is 0.0833. The van der Waals surface area contributed by atoms with Crippen molar-refractivity contribution >= 4 is 17.2 Å². The van der Waals surface area contributed by atoms with Crippen LogP contribution < -0.4 is 16.8 Å². The van der Waals surface area contributed by atoms with Crippen LogP contribution in [-0.4, -0.2) is 4.98 Å². The number of hydrogen-bond acceptors (Lipinski definition) is 4. The van der Waals surface area contributed by atoms with Crippen molar-refractivity contribution in [1.29, 1.82) is 0 Å². The van der Waals surface area contributed by atoms with E-state index in [0.29, 0.717) is 18.1 Å². The molecular formula is C12H14N4. The average molecular weight is 214 g/mol. The van der Waals surface area contributed by atoms with Crippen LogP contribution in [0.4, 0.5) is 17.2 Å². The zero-order valence-electron chi connectivity index (χ0n) is 8.85. The third-order valence-electron chi connectivity index (χ3n) is 2.28. The normalized spacial score (nSPS) is 10.0. The minimum Gasteiger partial charge on any atom is -0.399 e. The first-order valence-electron chi connectivity index (χ1n) is 5.04. The smallest absolute Gasteiger partial charge is 0.149 e. The highest BCUT2D eigenvalue weighted by atomic mass is 15.0. The van der Waals surface area contributed by atoms with Crippen LogP contribution in [0.1, 0.15) is 5.56 Å². The molecule has 1 aromatic heterocycles. The number of anilines is 3. The van der Waals surface area contributed by atoms with Crippen molar-refractivity contribution in [3.8, 4) is 0 Å². The first-order valence-corrected chi connectivity index (χ1v) is 5.04. The minimum absolute atomic E-state index is 0.651. The molecule has 16 heavy (non-hydrogen) atoms. The number of rotatable bonds is 3. The Labute approximate surface area is 94.3 Å². The molecule has 4 heteroatoms. The van der Waals surface area contributed by atoms with E-state index in [0.717, 1.165) is 11.3 Å². The van der Waals surface area contributed by atoms with E-state index in [9.17, 15) is 0 Å². The molecule has 2 aromatic rings. The van der Waals surface area contributed by atoms with Gasteiger partial charge in [0.25, 0.3) is 0 Å². The Morgan fingerprint density at radius 2 is 1.81 bits per heavy atom. The highest BCUT2D eigenvalue weighted by Crippen LogP contribution is 2.14. The molecule has 0 radical (unpaired) electrons. The summed E-state index contributed by atoms with van der Waals surface area (Å²) >= 11 is 0. The number of nitrogen functional groups attached to an aromatic ring is 2. The van der Waals surface area contributed by atoms with Gasteiger partial charge in [0.2, 0.25) is 0 Å². The Morgan fingerprint density at radius 3 is 2.50 bits per heavy atom. The largest absolute Gasteiger partial charge is 0.399 e. The average Bonchev–Trinajstić information content (AvgIpc) is 2.30.